The van der Waals surface area contributed by atoms with Crippen molar-refractivity contribution in [1.29, 1.82) is 0 Å². The highest BCUT2D eigenvalue weighted by molar-refractivity contribution is 5.83. The van der Waals surface area contributed by atoms with Gasteiger partial charge in [-0.15, -0.1) is 0 Å². The molecule has 3 aromatic rings. The lowest BCUT2D eigenvalue weighted by molar-refractivity contribution is -0.123. The number of aromatic nitrogens is 2. The fourth-order valence-electron chi connectivity index (χ4n) is 2.73. The Morgan fingerprint density at radius 3 is 2.54 bits per heavy atom. The Morgan fingerprint density at radius 1 is 0.962 bits per heavy atom. The molecule has 2 N–H and O–H groups in total. The van der Waals surface area contributed by atoms with Crippen molar-refractivity contribution in [2.24, 2.45) is 0 Å². The lowest BCUT2D eigenvalue weighted by Crippen LogP contribution is -2.37. The summed E-state index contributed by atoms with van der Waals surface area (Å²) < 4.78 is 0. The van der Waals surface area contributed by atoms with Crippen LogP contribution in [-0.2, 0) is 17.9 Å². The van der Waals surface area contributed by atoms with Crippen LogP contribution in [0, 0.1) is 6.92 Å². The molecule has 1 aromatic carbocycles. The minimum absolute atomic E-state index is 0.0616. The fourth-order valence-corrected chi connectivity index (χ4v) is 2.73. The zero-order valence-electron chi connectivity index (χ0n) is 14.7. The lowest BCUT2D eigenvalue weighted by Gasteiger charge is -2.19. The number of hydrogen-bond donors (Lipinski definition) is 2. The predicted molar refractivity (Wildman–Crippen MR) is 101 cm³/mol. The van der Waals surface area contributed by atoms with E-state index in [1.54, 1.807) is 24.8 Å². The van der Waals surface area contributed by atoms with Crippen LogP contribution in [0.1, 0.15) is 28.3 Å². The summed E-state index contributed by atoms with van der Waals surface area (Å²) in [6.45, 7) is 3.06. The van der Waals surface area contributed by atoms with Gasteiger partial charge in [-0.1, -0.05) is 35.9 Å². The maximum absolute atomic E-state index is 12.8. The van der Waals surface area contributed by atoms with Crippen molar-refractivity contribution in [3.8, 4) is 0 Å². The predicted octanol–water partition coefficient (Wildman–Crippen LogP) is 2.93. The smallest absolute Gasteiger partial charge is 0.242 e. The number of amides is 1. The molecule has 0 saturated heterocycles. The van der Waals surface area contributed by atoms with Gasteiger partial charge in [0.2, 0.25) is 5.91 Å². The van der Waals surface area contributed by atoms with Crippen LogP contribution in [0.15, 0.2) is 73.3 Å². The molecule has 0 saturated carbocycles. The van der Waals surface area contributed by atoms with Crippen LogP contribution in [0.25, 0.3) is 0 Å². The highest BCUT2D eigenvalue weighted by atomic mass is 16.2. The first-order chi connectivity index (χ1) is 12.7. The third kappa shape index (κ3) is 4.97. The van der Waals surface area contributed by atoms with Gasteiger partial charge in [0.05, 0.1) is 0 Å². The van der Waals surface area contributed by atoms with Gasteiger partial charge in [-0.05, 0) is 41.8 Å². The molecule has 1 atom stereocenters. The van der Waals surface area contributed by atoms with E-state index >= 15 is 0 Å². The number of nitrogens with one attached hydrogen (secondary N) is 2. The molecule has 2 aromatic heterocycles. The zero-order valence-corrected chi connectivity index (χ0v) is 14.7. The van der Waals surface area contributed by atoms with Crippen molar-refractivity contribution >= 4 is 5.91 Å². The topological polar surface area (TPSA) is 66.9 Å². The van der Waals surface area contributed by atoms with Crippen LogP contribution >= 0.6 is 0 Å². The molecule has 3 rings (SSSR count). The summed E-state index contributed by atoms with van der Waals surface area (Å²) in [5.74, 6) is -0.0616. The van der Waals surface area contributed by atoms with Crippen LogP contribution in [-0.4, -0.2) is 15.9 Å². The Balaban J connectivity index is 1.72. The van der Waals surface area contributed by atoms with Gasteiger partial charge in [-0.25, -0.2) is 0 Å². The van der Waals surface area contributed by atoms with Gasteiger partial charge in [-0.2, -0.15) is 0 Å². The van der Waals surface area contributed by atoms with Crippen LogP contribution < -0.4 is 10.6 Å². The summed E-state index contributed by atoms with van der Waals surface area (Å²) in [6, 6.07) is 15.3. The number of carbonyl (C=O) groups is 1. The lowest BCUT2D eigenvalue weighted by atomic mass is 10.0. The summed E-state index contributed by atoms with van der Waals surface area (Å²) in [5, 5.41) is 6.36. The average molecular weight is 346 g/mol. The second kappa shape index (κ2) is 8.87. The first kappa shape index (κ1) is 17.8. The number of benzene rings is 1. The molecule has 1 amide bonds. The normalized spacial score (nSPS) is 11.7. The van der Waals surface area contributed by atoms with Crippen LogP contribution in [0.5, 0.6) is 0 Å². The van der Waals surface area contributed by atoms with Gasteiger partial charge in [0.25, 0.3) is 0 Å². The molecule has 0 spiro atoms. The molecule has 0 radical (unpaired) electrons. The van der Waals surface area contributed by atoms with Gasteiger partial charge in [0, 0.05) is 37.9 Å². The molecular weight excluding hydrogens is 324 g/mol. The molecule has 26 heavy (non-hydrogen) atoms. The molecule has 1 unspecified atom stereocenters. The number of carbonyl (C=O) groups excluding carboxylic acids is 1. The Morgan fingerprint density at radius 2 is 1.81 bits per heavy atom. The monoisotopic (exact) mass is 346 g/mol. The molecule has 0 bridgehead atoms. The second-order valence-corrected chi connectivity index (χ2v) is 6.16. The first-order valence-electron chi connectivity index (χ1n) is 8.58. The van der Waals surface area contributed by atoms with Crippen LogP contribution in [0.4, 0.5) is 0 Å². The molecule has 2 heterocycles. The highest BCUT2D eigenvalue weighted by Gasteiger charge is 2.20. The molecule has 0 fully saturated rings. The number of hydrogen-bond acceptors (Lipinski definition) is 4. The summed E-state index contributed by atoms with van der Waals surface area (Å²) >= 11 is 0. The zero-order chi connectivity index (χ0) is 18.2. The first-order valence-corrected chi connectivity index (χ1v) is 8.58. The molecule has 132 valence electrons. The number of aryl methyl sites for hydroxylation is 1. The minimum atomic E-state index is -0.431. The quantitative estimate of drug-likeness (QED) is 0.690. The van der Waals surface area contributed by atoms with E-state index in [-0.39, 0.29) is 5.91 Å². The second-order valence-electron chi connectivity index (χ2n) is 6.16. The average Bonchev–Trinajstić information content (AvgIpc) is 2.68. The maximum atomic E-state index is 12.8. The van der Waals surface area contributed by atoms with Gasteiger partial charge >= 0.3 is 0 Å². The Hall–Kier alpha value is -3.05. The minimum Gasteiger partial charge on any atom is -0.350 e. The van der Waals surface area contributed by atoms with Gasteiger partial charge in [0.15, 0.2) is 0 Å². The molecular formula is C21H22N4O. The largest absolute Gasteiger partial charge is 0.350 e. The Labute approximate surface area is 153 Å². The maximum Gasteiger partial charge on any atom is 0.242 e. The Kier molecular flexibility index (Phi) is 6.06. The standard InChI is InChI=1S/C21H22N4O/c1-16-4-2-6-19(12-16)20(24-14-17-7-10-22-11-8-17)21(26)25-15-18-5-3-9-23-13-18/h2-13,20,24H,14-15H2,1H3,(H,25,26). The summed E-state index contributed by atoms with van der Waals surface area (Å²) in [4.78, 5) is 21.0. The molecule has 0 aliphatic heterocycles. The third-order valence-electron chi connectivity index (χ3n) is 4.09. The summed E-state index contributed by atoms with van der Waals surface area (Å²) in [5.41, 5.74) is 4.12. The van der Waals surface area contributed by atoms with Crippen molar-refractivity contribution in [3.63, 3.8) is 0 Å². The number of pyridine rings is 2. The van der Waals surface area contributed by atoms with Crippen LogP contribution in [0.2, 0.25) is 0 Å². The summed E-state index contributed by atoms with van der Waals surface area (Å²) in [6.07, 6.45) is 6.98. The summed E-state index contributed by atoms with van der Waals surface area (Å²) in [7, 11) is 0. The fraction of sp³-hybridized carbons (Fsp3) is 0.190. The molecule has 0 aliphatic carbocycles. The molecule has 5 nitrogen and oxygen atoms in total. The van der Waals surface area contributed by atoms with Gasteiger partial charge in [0.1, 0.15) is 6.04 Å². The third-order valence-corrected chi connectivity index (χ3v) is 4.09. The van der Waals surface area contributed by atoms with E-state index < -0.39 is 6.04 Å². The van der Waals surface area contributed by atoms with E-state index in [2.05, 4.69) is 20.6 Å². The van der Waals surface area contributed by atoms with E-state index in [4.69, 9.17) is 0 Å². The van der Waals surface area contributed by atoms with Crippen molar-refractivity contribution in [2.75, 3.05) is 0 Å². The van der Waals surface area contributed by atoms with E-state index in [9.17, 15) is 4.79 Å². The van der Waals surface area contributed by atoms with Crippen molar-refractivity contribution in [2.45, 2.75) is 26.1 Å². The van der Waals surface area contributed by atoms with Crippen molar-refractivity contribution in [1.82, 2.24) is 20.6 Å². The van der Waals surface area contributed by atoms with E-state index in [0.29, 0.717) is 13.1 Å². The number of rotatable bonds is 7. The molecule has 5 heteroatoms. The van der Waals surface area contributed by atoms with E-state index in [1.807, 2.05) is 55.5 Å². The SMILES string of the molecule is Cc1cccc(C(NCc2ccncc2)C(=O)NCc2cccnc2)c1. The van der Waals surface area contributed by atoms with Crippen molar-refractivity contribution in [3.05, 3.63) is 95.6 Å². The van der Waals surface area contributed by atoms with Gasteiger partial charge in [-0.3, -0.25) is 20.1 Å². The van der Waals surface area contributed by atoms with E-state index in [0.717, 1.165) is 22.3 Å². The van der Waals surface area contributed by atoms with E-state index in [1.165, 1.54) is 0 Å². The van der Waals surface area contributed by atoms with Gasteiger partial charge < -0.3 is 5.32 Å². The Bertz CT molecular complexity index is 837. The molecule has 0 aliphatic rings. The van der Waals surface area contributed by atoms with Crippen molar-refractivity contribution < 1.29 is 4.79 Å². The van der Waals surface area contributed by atoms with Crippen LogP contribution in [0.3, 0.4) is 0 Å². The number of nitrogens with zero attached hydrogens (tertiary/aromatic N) is 2. The highest BCUT2D eigenvalue weighted by Crippen LogP contribution is 2.16.